The third-order valence-electron chi connectivity index (χ3n) is 2.41. The van der Waals surface area contributed by atoms with Gasteiger partial charge in [0.25, 0.3) is 0 Å². The Morgan fingerprint density at radius 3 is 2.31 bits per heavy atom. The predicted octanol–water partition coefficient (Wildman–Crippen LogP) is 0.985. The molecule has 1 rings (SSSR count). The zero-order chi connectivity index (χ0) is 9.84. The summed E-state index contributed by atoms with van der Waals surface area (Å²) in [5.41, 5.74) is 0. The lowest BCUT2D eigenvalue weighted by Gasteiger charge is -2.27. The minimum atomic E-state index is -0.744. The van der Waals surface area contributed by atoms with Crippen molar-refractivity contribution >= 4 is 5.97 Å². The molecule has 0 saturated heterocycles. The lowest BCUT2D eigenvalue weighted by atomic mass is 9.87. The molecule has 0 spiro atoms. The Bertz CT molecular complexity index is 170. The van der Waals surface area contributed by atoms with Crippen molar-refractivity contribution in [1.82, 2.24) is 0 Å². The van der Waals surface area contributed by atoms with Crippen LogP contribution in [0.3, 0.4) is 0 Å². The van der Waals surface area contributed by atoms with Gasteiger partial charge in [-0.15, -0.1) is 0 Å². The Labute approximate surface area is 77.5 Å². The molecule has 0 radical (unpaired) electrons. The summed E-state index contributed by atoms with van der Waals surface area (Å²) >= 11 is 0. The van der Waals surface area contributed by atoms with Crippen molar-refractivity contribution in [3.8, 4) is 0 Å². The number of carbonyl (C=O) groups is 1. The molecule has 0 aromatic carbocycles. The Morgan fingerprint density at radius 1 is 1.38 bits per heavy atom. The number of carboxylic acids is 1. The summed E-state index contributed by atoms with van der Waals surface area (Å²) in [6.45, 7) is 1.57. The quantitative estimate of drug-likeness (QED) is 0.648. The molecule has 1 fully saturated rings. The molecule has 0 aromatic rings. The molecule has 1 atom stereocenters. The van der Waals surface area contributed by atoms with E-state index in [2.05, 4.69) is 0 Å². The predicted molar refractivity (Wildman–Crippen MR) is 46.1 cm³/mol. The van der Waals surface area contributed by atoms with Crippen molar-refractivity contribution in [2.45, 2.75) is 45.0 Å². The number of aliphatic hydroxyl groups is 1. The van der Waals surface area contributed by atoms with E-state index in [0.717, 1.165) is 12.8 Å². The zero-order valence-electron chi connectivity index (χ0n) is 7.77. The van der Waals surface area contributed by atoms with Crippen LogP contribution in [0.5, 0.6) is 0 Å². The molecule has 0 aliphatic heterocycles. The van der Waals surface area contributed by atoms with E-state index in [1.807, 2.05) is 0 Å². The van der Waals surface area contributed by atoms with Gasteiger partial charge in [-0.25, -0.2) is 0 Å². The second-order valence-corrected chi connectivity index (χ2v) is 3.55. The number of aliphatic hydroxyl groups excluding tert-OH is 1. The van der Waals surface area contributed by atoms with E-state index in [4.69, 9.17) is 14.9 Å². The topological polar surface area (TPSA) is 66.8 Å². The molecule has 13 heavy (non-hydrogen) atoms. The molecule has 0 heterocycles. The minimum absolute atomic E-state index is 0.0376. The molecule has 1 aliphatic rings. The molecular weight excluding hydrogens is 172 g/mol. The van der Waals surface area contributed by atoms with Gasteiger partial charge in [0.2, 0.25) is 0 Å². The van der Waals surface area contributed by atoms with E-state index in [0.29, 0.717) is 12.8 Å². The van der Waals surface area contributed by atoms with Crippen molar-refractivity contribution in [3.63, 3.8) is 0 Å². The number of ether oxygens (including phenoxy) is 1. The second-order valence-electron chi connectivity index (χ2n) is 3.55. The van der Waals surface area contributed by atoms with Gasteiger partial charge in [-0.2, -0.15) is 0 Å². The highest BCUT2D eigenvalue weighted by Gasteiger charge is 2.26. The smallest absolute Gasteiger partial charge is 0.306 e. The van der Waals surface area contributed by atoms with Crippen LogP contribution in [0.1, 0.15) is 32.6 Å². The van der Waals surface area contributed by atoms with Crippen LogP contribution in [0, 0.1) is 5.92 Å². The summed E-state index contributed by atoms with van der Waals surface area (Å²) in [4.78, 5) is 10.6. The first-order valence-electron chi connectivity index (χ1n) is 4.66. The van der Waals surface area contributed by atoms with Crippen LogP contribution in [0.25, 0.3) is 0 Å². The summed E-state index contributed by atoms with van der Waals surface area (Å²) in [7, 11) is 0. The highest BCUT2D eigenvalue weighted by atomic mass is 16.6. The number of hydrogen-bond donors (Lipinski definition) is 2. The maximum Gasteiger partial charge on any atom is 0.306 e. The third kappa shape index (κ3) is 3.32. The van der Waals surface area contributed by atoms with Crippen LogP contribution in [0.2, 0.25) is 0 Å². The van der Waals surface area contributed by atoms with Crippen LogP contribution < -0.4 is 0 Å². The van der Waals surface area contributed by atoms with Crippen LogP contribution in [0.15, 0.2) is 0 Å². The monoisotopic (exact) mass is 188 g/mol. The fourth-order valence-corrected chi connectivity index (χ4v) is 1.72. The van der Waals surface area contributed by atoms with Gasteiger partial charge in [0.15, 0.2) is 6.29 Å². The van der Waals surface area contributed by atoms with Crippen molar-refractivity contribution < 1.29 is 19.7 Å². The van der Waals surface area contributed by atoms with Gasteiger partial charge >= 0.3 is 5.97 Å². The molecule has 4 nitrogen and oxygen atoms in total. The van der Waals surface area contributed by atoms with Crippen LogP contribution >= 0.6 is 0 Å². The van der Waals surface area contributed by atoms with Crippen molar-refractivity contribution in [3.05, 3.63) is 0 Å². The first-order chi connectivity index (χ1) is 6.09. The average molecular weight is 188 g/mol. The molecule has 2 N–H and O–H groups in total. The van der Waals surface area contributed by atoms with Crippen molar-refractivity contribution in [1.29, 1.82) is 0 Å². The fraction of sp³-hybridized carbons (Fsp3) is 0.889. The van der Waals surface area contributed by atoms with Gasteiger partial charge in [-0.1, -0.05) is 0 Å². The summed E-state index contributed by atoms with van der Waals surface area (Å²) in [5.74, 6) is -0.927. The zero-order valence-corrected chi connectivity index (χ0v) is 7.77. The number of rotatable bonds is 3. The normalized spacial score (nSPS) is 31.2. The van der Waals surface area contributed by atoms with E-state index in [1.165, 1.54) is 0 Å². The maximum atomic E-state index is 10.6. The van der Waals surface area contributed by atoms with Gasteiger partial charge < -0.3 is 14.9 Å². The summed E-state index contributed by atoms with van der Waals surface area (Å²) < 4.78 is 5.18. The van der Waals surface area contributed by atoms with Crippen molar-refractivity contribution in [2.75, 3.05) is 0 Å². The van der Waals surface area contributed by atoms with Crippen LogP contribution in [-0.2, 0) is 9.53 Å². The lowest BCUT2D eigenvalue weighted by molar-refractivity contribution is -0.150. The highest BCUT2D eigenvalue weighted by Crippen LogP contribution is 2.26. The Morgan fingerprint density at radius 2 is 1.92 bits per heavy atom. The standard InChI is InChI=1S/C9H16O4/c1-6(10)13-8-4-2-7(3-5-8)9(11)12/h6-8,10H,2-5H2,1H3,(H,11,12). The largest absolute Gasteiger partial charge is 0.481 e. The second kappa shape index (κ2) is 4.58. The molecular formula is C9H16O4. The average Bonchev–Trinajstić information content (AvgIpc) is 2.04. The summed E-state index contributed by atoms with van der Waals surface area (Å²) in [6.07, 6.45) is 2.09. The number of aliphatic carboxylic acids is 1. The molecule has 0 bridgehead atoms. The van der Waals surface area contributed by atoms with Gasteiger partial charge in [-0.05, 0) is 32.6 Å². The van der Waals surface area contributed by atoms with E-state index >= 15 is 0 Å². The van der Waals surface area contributed by atoms with Crippen LogP contribution in [-0.4, -0.2) is 28.6 Å². The van der Waals surface area contributed by atoms with E-state index < -0.39 is 12.3 Å². The SMILES string of the molecule is CC(O)OC1CCC(C(=O)O)CC1. The summed E-state index contributed by atoms with van der Waals surface area (Å²) in [6, 6.07) is 0. The highest BCUT2D eigenvalue weighted by molar-refractivity contribution is 5.69. The maximum absolute atomic E-state index is 10.6. The number of carboxylic acid groups (broad SMARTS) is 1. The lowest BCUT2D eigenvalue weighted by Crippen LogP contribution is -2.28. The first-order valence-corrected chi connectivity index (χ1v) is 4.66. The van der Waals surface area contributed by atoms with Crippen molar-refractivity contribution in [2.24, 2.45) is 5.92 Å². The molecule has 76 valence electrons. The van der Waals surface area contributed by atoms with Gasteiger partial charge in [-0.3, -0.25) is 4.79 Å². The molecule has 1 unspecified atom stereocenters. The van der Waals surface area contributed by atoms with Crippen LogP contribution in [0.4, 0.5) is 0 Å². The molecule has 0 aromatic heterocycles. The van der Waals surface area contributed by atoms with E-state index in [9.17, 15) is 4.79 Å². The molecule has 0 amide bonds. The molecule has 1 aliphatic carbocycles. The summed E-state index contributed by atoms with van der Waals surface area (Å²) in [5, 5.41) is 17.7. The Balaban J connectivity index is 2.26. The van der Waals surface area contributed by atoms with Gasteiger partial charge in [0.1, 0.15) is 0 Å². The Kier molecular flexibility index (Phi) is 3.69. The minimum Gasteiger partial charge on any atom is -0.481 e. The molecule has 4 heteroatoms. The van der Waals surface area contributed by atoms with Gasteiger partial charge in [0.05, 0.1) is 12.0 Å². The van der Waals surface area contributed by atoms with Gasteiger partial charge in [0, 0.05) is 0 Å². The van der Waals surface area contributed by atoms with E-state index in [-0.39, 0.29) is 12.0 Å². The fourth-order valence-electron chi connectivity index (χ4n) is 1.72. The molecule has 1 saturated carbocycles. The first kappa shape index (κ1) is 10.5. The third-order valence-corrected chi connectivity index (χ3v) is 2.41. The number of hydrogen-bond acceptors (Lipinski definition) is 3. The Hall–Kier alpha value is -0.610. The van der Waals surface area contributed by atoms with E-state index in [1.54, 1.807) is 6.92 Å².